The number of carbonyl (C=O) groups is 2. The molecule has 96 heavy (non-hydrogen) atoms. The first kappa shape index (κ1) is 71.3. The van der Waals surface area contributed by atoms with Gasteiger partial charge in [-0.2, -0.15) is 0 Å². The first-order chi connectivity index (χ1) is 46.3. The molecule has 8 aromatic rings. The molecule has 0 bridgehead atoms. The Balaban J connectivity index is 0.000000156. The predicted molar refractivity (Wildman–Crippen MR) is 352 cm³/mol. The Bertz CT molecular complexity index is 4110. The molecule has 4 aliphatic heterocycles. The van der Waals surface area contributed by atoms with Gasteiger partial charge in [-0.15, -0.1) is 68.0 Å². The van der Waals surface area contributed by atoms with Crippen LogP contribution in [0.25, 0.3) is 29.3 Å². The normalized spacial score (nSPS) is 21.3. The highest BCUT2D eigenvalue weighted by Crippen LogP contribution is 2.65. The summed E-state index contributed by atoms with van der Waals surface area (Å²) in [7, 11) is 0. The molecule has 4 saturated heterocycles. The van der Waals surface area contributed by atoms with E-state index >= 15 is 0 Å². The topological polar surface area (TPSA) is 108 Å². The number of halogens is 11. The number of rotatable bonds is 21. The molecule has 0 amide bonds. The second-order valence-corrected chi connectivity index (χ2v) is 31.8. The van der Waals surface area contributed by atoms with Crippen LogP contribution in [0.2, 0.25) is 0 Å². The van der Waals surface area contributed by atoms with Gasteiger partial charge in [-0.1, -0.05) is 90.9 Å². The minimum Gasteiger partial charge on any atom is -0.339 e. The average Bonchev–Trinajstić information content (AvgIpc) is 1.34. The zero-order valence-corrected chi connectivity index (χ0v) is 58.8. The Morgan fingerprint density at radius 1 is 0.375 bits per heavy atom. The maximum absolute atomic E-state index is 14.7. The van der Waals surface area contributed by atoms with Crippen LogP contribution in [0, 0.1) is 65.1 Å². The lowest BCUT2D eigenvalue weighted by Crippen LogP contribution is -2.63. The van der Waals surface area contributed by atoms with Crippen molar-refractivity contribution in [2.45, 2.75) is 147 Å². The number of ketones is 2. The molecular weight excluding hydrogens is 1450 g/mol. The van der Waals surface area contributed by atoms with Crippen LogP contribution in [0.3, 0.4) is 0 Å². The Morgan fingerprint density at radius 3 is 1.08 bits per heavy atom. The van der Waals surface area contributed by atoms with E-state index in [0.29, 0.717) is 45.5 Å². The molecular formula is C69H65BrF10O10S6. The molecule has 14 rings (SSSR count). The summed E-state index contributed by atoms with van der Waals surface area (Å²) in [6.45, 7) is 7.94. The molecule has 0 unspecified atom stereocenters. The highest BCUT2D eigenvalue weighted by atomic mass is 79.9. The van der Waals surface area contributed by atoms with Gasteiger partial charge in [0.1, 0.15) is 11.1 Å². The van der Waals surface area contributed by atoms with Gasteiger partial charge in [-0.25, -0.2) is 43.9 Å². The molecule has 6 aliphatic rings. The van der Waals surface area contributed by atoms with E-state index < -0.39 is 104 Å². The molecule has 0 atom stereocenters. The number of thiophene rings is 6. The van der Waals surface area contributed by atoms with Gasteiger partial charge < -0.3 is 37.9 Å². The van der Waals surface area contributed by atoms with Gasteiger partial charge in [0.15, 0.2) is 46.5 Å². The monoisotopic (exact) mass is 1510 g/mol. The summed E-state index contributed by atoms with van der Waals surface area (Å²) in [6, 6.07) is 15.1. The predicted octanol–water partition coefficient (Wildman–Crippen LogP) is 20.8. The molecule has 10 nitrogen and oxygen atoms in total. The van der Waals surface area contributed by atoms with E-state index in [2.05, 4.69) is 61.0 Å². The third-order valence-electron chi connectivity index (χ3n) is 17.4. The van der Waals surface area contributed by atoms with E-state index in [0.717, 1.165) is 45.3 Å². The van der Waals surface area contributed by atoms with Crippen LogP contribution in [-0.2, 0) is 73.9 Å². The molecule has 6 aromatic heterocycles. The van der Waals surface area contributed by atoms with E-state index in [1.165, 1.54) is 134 Å². The highest BCUT2D eigenvalue weighted by molar-refractivity contribution is 9.11. The lowest BCUT2D eigenvalue weighted by molar-refractivity contribution is -0.483. The van der Waals surface area contributed by atoms with Crippen LogP contribution >= 0.6 is 84.0 Å². The third kappa shape index (κ3) is 12.8. The van der Waals surface area contributed by atoms with Crippen LogP contribution < -0.4 is 0 Å². The zero-order valence-electron chi connectivity index (χ0n) is 52.3. The lowest BCUT2D eigenvalue weighted by atomic mass is 9.83. The number of unbranched alkanes of at least 4 members (excludes halogenated alkanes) is 12. The fraction of sp³-hybridized carbons (Fsp3) is 0.449. The smallest absolute Gasteiger partial charge is 0.257 e. The van der Waals surface area contributed by atoms with E-state index in [1.807, 2.05) is 17.4 Å². The Labute approximate surface area is 579 Å². The summed E-state index contributed by atoms with van der Waals surface area (Å²) in [4.78, 5) is 34.6. The van der Waals surface area contributed by atoms with E-state index in [-0.39, 0.29) is 62.6 Å². The molecule has 514 valence electrons. The van der Waals surface area contributed by atoms with Crippen molar-refractivity contribution >= 4 is 95.5 Å². The molecule has 0 spiro atoms. The average molecular weight is 1520 g/mol. The van der Waals surface area contributed by atoms with Gasteiger partial charge in [0.2, 0.25) is 23.2 Å². The maximum atomic E-state index is 14.7. The molecule has 2 aromatic carbocycles. The second kappa shape index (κ2) is 29.9. The highest BCUT2D eigenvalue weighted by Gasteiger charge is 2.69. The molecule has 10 heterocycles. The van der Waals surface area contributed by atoms with Crippen LogP contribution in [0.5, 0.6) is 0 Å². The largest absolute Gasteiger partial charge is 0.339 e. The summed E-state index contributed by atoms with van der Waals surface area (Å²) < 4.78 is 191. The van der Waals surface area contributed by atoms with Gasteiger partial charge in [0, 0.05) is 46.6 Å². The van der Waals surface area contributed by atoms with Crippen molar-refractivity contribution in [2.24, 2.45) is 0 Å². The summed E-state index contributed by atoms with van der Waals surface area (Å²) in [5.41, 5.74) is -1.21. The van der Waals surface area contributed by atoms with E-state index in [1.54, 1.807) is 22.3 Å². The van der Waals surface area contributed by atoms with Gasteiger partial charge in [-0.05, 0) is 97.1 Å². The van der Waals surface area contributed by atoms with Crippen molar-refractivity contribution in [3.8, 4) is 29.3 Å². The van der Waals surface area contributed by atoms with Gasteiger partial charge in [0.25, 0.3) is 23.1 Å². The Morgan fingerprint density at radius 2 is 0.698 bits per heavy atom. The molecule has 0 saturated carbocycles. The van der Waals surface area contributed by atoms with Crippen LogP contribution in [0.1, 0.15) is 171 Å². The van der Waals surface area contributed by atoms with Crippen LogP contribution in [0.4, 0.5) is 43.9 Å². The van der Waals surface area contributed by atoms with Gasteiger partial charge in [-0.3, -0.25) is 9.59 Å². The number of benzene rings is 2. The van der Waals surface area contributed by atoms with Gasteiger partial charge in [0.05, 0.1) is 85.9 Å². The summed E-state index contributed by atoms with van der Waals surface area (Å²) in [5, 5.41) is 0. The minimum absolute atomic E-state index is 0.126. The number of hydrogen-bond donors (Lipinski definition) is 0. The molecule has 0 N–H and O–H groups in total. The van der Waals surface area contributed by atoms with Crippen molar-refractivity contribution in [3.63, 3.8) is 0 Å². The summed E-state index contributed by atoms with van der Waals surface area (Å²) >= 11 is 11.5. The van der Waals surface area contributed by atoms with Gasteiger partial charge >= 0.3 is 0 Å². The Hall–Kier alpha value is -4.56. The van der Waals surface area contributed by atoms with Crippen molar-refractivity contribution < 1.29 is 91.4 Å². The Kier molecular flexibility index (Phi) is 22.2. The number of carbonyl (C=O) groups excluding carboxylic acids is 2. The fourth-order valence-electron chi connectivity index (χ4n) is 12.9. The van der Waals surface area contributed by atoms with Crippen molar-refractivity contribution in [3.05, 3.63) is 168 Å². The zero-order chi connectivity index (χ0) is 67.8. The summed E-state index contributed by atoms with van der Waals surface area (Å²) in [5.74, 6) is -31.3. The molecule has 27 heteroatoms. The number of fused-ring (bicyclic) bond motifs is 6. The van der Waals surface area contributed by atoms with Crippen LogP contribution in [-0.4, -0.2) is 64.4 Å². The number of aryl methyl sites for hydroxylation is 3. The molecule has 0 radical (unpaired) electrons. The van der Waals surface area contributed by atoms with E-state index in [4.69, 9.17) is 37.9 Å². The standard InChI is InChI=1S/C34H31F5O5S3.C21H10BrF5O5S2.C14H24S/c1-2-3-4-5-6-7-8-9-18-10-11-21(45-18)22-16-19-31(46-22)32-20(34-33(19,41-12-14-43-34)42-13-15-44-34)17-23(47-32)30(40)24-25(35)27(37)29(39)28(38)26(24)36;22-10-6-8-19(34-10)18-7(20-21(8,31-3-1-29-20)32-4-2-30-20)5-9(33-18)17(28)11-12(23)14(25)16(27)15(26)13(11)24;1-3-4-5-6-7-8-9-10-14-12-11-13(2)15-14/h10-11,16-17H,2-9,12-15H2,1H3;5-6H,1-4H2;11-12H,3-10H2,1-2H3. The van der Waals surface area contributed by atoms with E-state index in [9.17, 15) is 53.5 Å². The fourth-order valence-corrected chi connectivity index (χ4v) is 20.4. The molecule has 2 aliphatic carbocycles. The molecule has 4 fully saturated rings. The van der Waals surface area contributed by atoms with Crippen LogP contribution in [0.15, 0.2) is 52.3 Å². The first-order valence-corrected chi connectivity index (χ1v) is 37.6. The second-order valence-electron chi connectivity index (χ2n) is 23.7. The SMILES string of the molecule is CCCCCCCCCc1ccc(-c2cc3c(s2)-c2sc(C(=O)c4c(F)c(F)c(F)c(F)c4F)cc2C24OCCOC32OCCO4)s1.CCCCCCCCCc1ccc(C)s1.O=C(c1cc2c(s1)-c1sc(Br)cc1C13OCCOC21OCCO3)c1c(F)c(F)c(F)c(F)c1F. The first-order valence-electron chi connectivity index (χ1n) is 31.9. The van der Waals surface area contributed by atoms with Crippen molar-refractivity contribution in [1.29, 1.82) is 0 Å². The number of ether oxygens (including phenoxy) is 8. The van der Waals surface area contributed by atoms with Crippen molar-refractivity contribution in [1.82, 2.24) is 0 Å². The minimum atomic E-state index is -2.34. The third-order valence-corrected chi connectivity index (χ3v) is 25.2. The quantitative estimate of drug-likeness (QED) is 0.0227. The lowest BCUT2D eigenvalue weighted by Gasteiger charge is -2.55. The van der Waals surface area contributed by atoms with Crippen molar-refractivity contribution in [2.75, 3.05) is 52.9 Å². The maximum Gasteiger partial charge on any atom is 0.257 e. The summed E-state index contributed by atoms with van der Waals surface area (Å²) in [6.07, 6.45) is 20.8. The number of hydrogen-bond acceptors (Lipinski definition) is 16.